The third-order valence-electron chi connectivity index (χ3n) is 3.00. The maximum Gasteiger partial charge on any atom is 0.270 e. The molecule has 0 aromatic heterocycles. The molecule has 0 saturated heterocycles. The van der Waals surface area contributed by atoms with Gasteiger partial charge in [0.1, 0.15) is 5.82 Å². The lowest BCUT2D eigenvalue weighted by Gasteiger charge is -2.04. The Morgan fingerprint density at radius 2 is 1.92 bits per heavy atom. The Labute approximate surface area is 141 Å². The van der Waals surface area contributed by atoms with Crippen LogP contribution in [0.4, 0.5) is 10.1 Å². The Morgan fingerprint density at radius 1 is 1.20 bits per heavy atom. The summed E-state index contributed by atoms with van der Waals surface area (Å²) in [6.45, 7) is -0.331. The molecule has 2 N–H and O–H groups in total. The first-order valence-corrected chi connectivity index (χ1v) is 7.06. The van der Waals surface area contributed by atoms with Crippen LogP contribution in [0.15, 0.2) is 53.6 Å². The van der Waals surface area contributed by atoms with E-state index in [0.717, 1.165) is 12.1 Å². The number of hydrogen-bond acceptors (Lipinski definition) is 5. The molecule has 25 heavy (non-hydrogen) atoms. The molecule has 0 aliphatic heterocycles. The van der Waals surface area contributed by atoms with Crippen molar-refractivity contribution in [3.8, 4) is 0 Å². The van der Waals surface area contributed by atoms with Crippen molar-refractivity contribution in [2.45, 2.75) is 0 Å². The van der Waals surface area contributed by atoms with Crippen molar-refractivity contribution in [3.63, 3.8) is 0 Å². The second-order valence-corrected chi connectivity index (χ2v) is 4.83. The number of nitro benzene ring substituents is 1. The second kappa shape index (κ2) is 8.29. The van der Waals surface area contributed by atoms with Gasteiger partial charge in [-0.05, 0) is 24.3 Å². The van der Waals surface area contributed by atoms with E-state index in [2.05, 4.69) is 15.8 Å². The minimum atomic E-state index is -0.586. The summed E-state index contributed by atoms with van der Waals surface area (Å²) in [5.41, 5.74) is 2.74. The van der Waals surface area contributed by atoms with E-state index in [9.17, 15) is 24.1 Å². The van der Waals surface area contributed by atoms with Crippen molar-refractivity contribution in [1.29, 1.82) is 0 Å². The number of benzene rings is 2. The summed E-state index contributed by atoms with van der Waals surface area (Å²) >= 11 is 0. The van der Waals surface area contributed by atoms with Gasteiger partial charge in [0, 0.05) is 23.3 Å². The van der Waals surface area contributed by atoms with Crippen LogP contribution in [-0.4, -0.2) is 29.5 Å². The van der Waals surface area contributed by atoms with Crippen LogP contribution in [0.2, 0.25) is 0 Å². The highest BCUT2D eigenvalue weighted by molar-refractivity contribution is 5.96. The van der Waals surface area contributed by atoms with Crippen molar-refractivity contribution in [2.24, 2.45) is 5.10 Å². The van der Waals surface area contributed by atoms with E-state index in [1.807, 2.05) is 0 Å². The largest absolute Gasteiger partial charge is 0.343 e. The van der Waals surface area contributed by atoms with Crippen molar-refractivity contribution < 1.29 is 18.9 Å². The number of hydrogen-bond donors (Lipinski definition) is 2. The number of halogens is 1. The number of carbonyl (C=O) groups excluding carboxylic acids is 2. The average Bonchev–Trinajstić information content (AvgIpc) is 2.60. The maximum absolute atomic E-state index is 12.8. The lowest BCUT2D eigenvalue weighted by atomic mass is 10.2. The monoisotopic (exact) mass is 344 g/mol. The van der Waals surface area contributed by atoms with Gasteiger partial charge in [-0.25, -0.2) is 9.82 Å². The van der Waals surface area contributed by atoms with Crippen LogP contribution in [0, 0.1) is 15.9 Å². The number of nitrogens with one attached hydrogen (secondary N) is 2. The molecule has 0 unspecified atom stereocenters. The molecule has 9 heteroatoms. The summed E-state index contributed by atoms with van der Waals surface area (Å²) in [5.74, 6) is -1.58. The van der Waals surface area contributed by atoms with Crippen LogP contribution in [0.3, 0.4) is 0 Å². The highest BCUT2D eigenvalue weighted by Gasteiger charge is 2.08. The summed E-state index contributed by atoms with van der Waals surface area (Å²) < 4.78 is 12.8. The van der Waals surface area contributed by atoms with Gasteiger partial charge in [0.25, 0.3) is 17.5 Å². The minimum Gasteiger partial charge on any atom is -0.343 e. The molecule has 0 saturated carbocycles. The van der Waals surface area contributed by atoms with E-state index in [4.69, 9.17) is 0 Å². The molecule has 0 spiro atoms. The number of nitro groups is 1. The van der Waals surface area contributed by atoms with Gasteiger partial charge >= 0.3 is 0 Å². The van der Waals surface area contributed by atoms with Crippen molar-refractivity contribution >= 4 is 23.7 Å². The molecule has 0 aliphatic rings. The predicted octanol–water partition coefficient (Wildman–Crippen LogP) is 1.61. The molecule has 2 amide bonds. The first-order valence-electron chi connectivity index (χ1n) is 7.06. The molecular formula is C16H13FN4O4. The molecule has 2 rings (SSSR count). The molecule has 2 aromatic rings. The van der Waals surface area contributed by atoms with Gasteiger partial charge in [-0.15, -0.1) is 0 Å². The summed E-state index contributed by atoms with van der Waals surface area (Å²) in [4.78, 5) is 33.4. The zero-order chi connectivity index (χ0) is 18.2. The second-order valence-electron chi connectivity index (χ2n) is 4.83. The number of rotatable bonds is 6. The molecule has 0 fully saturated rings. The lowest BCUT2D eigenvalue weighted by Crippen LogP contribution is -2.34. The van der Waals surface area contributed by atoms with Crippen molar-refractivity contribution in [2.75, 3.05) is 6.54 Å². The van der Waals surface area contributed by atoms with Gasteiger partial charge in [-0.1, -0.05) is 12.1 Å². The Kier molecular flexibility index (Phi) is 5.88. The van der Waals surface area contributed by atoms with Crippen molar-refractivity contribution in [3.05, 3.63) is 75.6 Å². The number of hydrazone groups is 1. The molecule has 0 radical (unpaired) electrons. The number of carbonyl (C=O) groups is 2. The smallest absolute Gasteiger partial charge is 0.270 e. The van der Waals surface area contributed by atoms with Gasteiger partial charge in [0.2, 0.25) is 0 Å². The van der Waals surface area contributed by atoms with E-state index >= 15 is 0 Å². The van der Waals surface area contributed by atoms with E-state index < -0.39 is 22.6 Å². The average molecular weight is 344 g/mol. The van der Waals surface area contributed by atoms with Crippen LogP contribution in [0.5, 0.6) is 0 Å². The van der Waals surface area contributed by atoms with Gasteiger partial charge in [0.15, 0.2) is 0 Å². The fraction of sp³-hybridized carbons (Fsp3) is 0.0625. The zero-order valence-corrected chi connectivity index (χ0v) is 12.8. The topological polar surface area (TPSA) is 114 Å². The zero-order valence-electron chi connectivity index (χ0n) is 12.8. The Hall–Kier alpha value is -3.62. The highest BCUT2D eigenvalue weighted by Crippen LogP contribution is 2.11. The van der Waals surface area contributed by atoms with Crippen LogP contribution in [0.1, 0.15) is 15.9 Å². The SMILES string of the molecule is O=C(CNC(=O)c1ccc(F)cc1)N/N=C/c1cccc([N+](=O)[O-])c1. The Balaban J connectivity index is 1.82. The molecule has 0 aliphatic carbocycles. The summed E-state index contributed by atoms with van der Waals surface area (Å²) in [6, 6.07) is 10.6. The van der Waals surface area contributed by atoms with Gasteiger partial charge in [-0.2, -0.15) is 5.10 Å². The van der Waals surface area contributed by atoms with E-state index in [1.54, 1.807) is 6.07 Å². The summed E-state index contributed by atoms with van der Waals surface area (Å²) in [6.07, 6.45) is 1.24. The van der Waals surface area contributed by atoms with Crippen LogP contribution in [-0.2, 0) is 4.79 Å². The number of non-ortho nitro benzene ring substituents is 1. The van der Waals surface area contributed by atoms with E-state index in [0.29, 0.717) is 5.56 Å². The standard InChI is InChI=1S/C16H13FN4O4/c17-13-6-4-12(5-7-13)16(23)18-10-15(22)20-19-9-11-2-1-3-14(8-11)21(24)25/h1-9H,10H2,(H,18,23)(H,20,22)/b19-9+. The maximum atomic E-state index is 12.8. The first kappa shape index (κ1) is 17.7. The number of nitrogens with zero attached hydrogens (tertiary/aromatic N) is 2. The molecular weight excluding hydrogens is 331 g/mol. The number of amides is 2. The van der Waals surface area contributed by atoms with Gasteiger partial charge < -0.3 is 5.32 Å². The van der Waals surface area contributed by atoms with Crippen molar-refractivity contribution in [1.82, 2.24) is 10.7 Å². The fourth-order valence-corrected chi connectivity index (χ4v) is 1.80. The minimum absolute atomic E-state index is 0.0955. The Bertz CT molecular complexity index is 821. The normalized spacial score (nSPS) is 10.4. The first-order chi connectivity index (χ1) is 12.0. The molecule has 2 aromatic carbocycles. The molecule has 128 valence electrons. The van der Waals surface area contributed by atoms with Crippen LogP contribution >= 0.6 is 0 Å². The quantitative estimate of drug-likeness (QED) is 0.471. The van der Waals surface area contributed by atoms with Gasteiger partial charge in [-0.3, -0.25) is 19.7 Å². The molecule has 0 atom stereocenters. The van der Waals surface area contributed by atoms with Crippen LogP contribution in [0.25, 0.3) is 0 Å². The van der Waals surface area contributed by atoms with E-state index in [-0.39, 0.29) is 17.8 Å². The van der Waals surface area contributed by atoms with E-state index in [1.165, 1.54) is 36.5 Å². The molecule has 0 heterocycles. The summed E-state index contributed by atoms with van der Waals surface area (Å²) in [5, 5.41) is 16.7. The molecule has 0 bridgehead atoms. The highest BCUT2D eigenvalue weighted by atomic mass is 19.1. The third kappa shape index (κ3) is 5.50. The van der Waals surface area contributed by atoms with Gasteiger partial charge in [0.05, 0.1) is 17.7 Å². The molecule has 8 nitrogen and oxygen atoms in total. The third-order valence-corrected chi connectivity index (χ3v) is 3.00. The summed E-state index contributed by atoms with van der Waals surface area (Å²) in [7, 11) is 0. The lowest BCUT2D eigenvalue weighted by molar-refractivity contribution is -0.384. The Morgan fingerprint density at radius 3 is 2.60 bits per heavy atom. The van der Waals surface area contributed by atoms with Crippen LogP contribution < -0.4 is 10.7 Å². The predicted molar refractivity (Wildman–Crippen MR) is 87.6 cm³/mol. The fourth-order valence-electron chi connectivity index (χ4n) is 1.80.